The van der Waals surface area contributed by atoms with Crippen LogP contribution in [0.5, 0.6) is 0 Å². The lowest BCUT2D eigenvalue weighted by atomic mass is 9.81. The molecule has 14 aromatic carbocycles. The predicted molar refractivity (Wildman–Crippen MR) is 415 cm³/mol. The highest BCUT2D eigenvalue weighted by Gasteiger charge is 2.38. The van der Waals surface area contributed by atoms with Crippen LogP contribution >= 0.6 is 0 Å². The molecule has 0 amide bonds. The van der Waals surface area contributed by atoms with Crippen LogP contribution in [0.4, 0.5) is 0 Å². The Kier molecular flexibility index (Phi) is 11.6. The van der Waals surface area contributed by atoms with Crippen molar-refractivity contribution in [3.05, 3.63) is 325 Å². The molecule has 0 fully saturated rings. The third-order valence-electron chi connectivity index (χ3n) is 23.1. The summed E-state index contributed by atoms with van der Waals surface area (Å²) < 4.78 is 6.92. The molecule has 0 unspecified atom stereocenters. The van der Waals surface area contributed by atoms with Gasteiger partial charge in [-0.05, 0) is 202 Å². The van der Waals surface area contributed by atoms with Crippen molar-refractivity contribution in [2.24, 2.45) is 0 Å². The Bertz CT molecular complexity index is 6400. The summed E-state index contributed by atoms with van der Waals surface area (Å²) in [4.78, 5) is 16.9. The first-order chi connectivity index (χ1) is 48.8. The Morgan fingerprint density at radius 2 is 0.530 bits per heavy atom. The lowest BCUT2D eigenvalue weighted by Gasteiger charge is -2.22. The zero-order valence-electron chi connectivity index (χ0n) is 56.4. The molecule has 0 saturated carbocycles. The first-order valence-corrected chi connectivity index (χ1v) is 35.0. The van der Waals surface area contributed by atoms with Crippen molar-refractivity contribution in [1.82, 2.24) is 28.7 Å². The Labute approximate surface area is 579 Å². The number of nitrogens with zero attached hydrogens (tertiary/aromatic N) is 6. The third-order valence-corrected chi connectivity index (χ3v) is 23.1. The Balaban J connectivity index is 0.709. The standard InChI is InChI=1S/C94H66N6/c1-92(2)77-25-13-7-19-65(77)68-41-34-60(52-80(68)92)57-37-44-86-74(49-57)71-22-10-16-28-83(71)98(86)64-40-33-55-47-63(32-31-56(55)48-64)89-95-90(99-84-29-17-11-23-72(84)75-50-58(38-45-87(75)99)61-35-42-69-66-20-8-14-26-78(66)93(3,4)81(69)53-61)97-91(96-89)100-85-30-18-12-24-73(85)76-51-59(39-46-88(76)100)62-36-43-70-67-21-9-15-27-79(67)94(5,6)82(70)54-62/h7-54H,1-6H3. The number of benzene rings is 14. The highest BCUT2D eigenvalue weighted by Crippen LogP contribution is 2.53. The van der Waals surface area contributed by atoms with Gasteiger partial charge in [0.1, 0.15) is 0 Å². The summed E-state index contributed by atoms with van der Waals surface area (Å²) in [6, 6.07) is 108. The van der Waals surface area contributed by atoms with E-state index in [2.05, 4.69) is 346 Å². The molecule has 0 saturated heterocycles. The summed E-state index contributed by atoms with van der Waals surface area (Å²) in [7, 11) is 0. The minimum Gasteiger partial charge on any atom is -0.309 e. The predicted octanol–water partition coefficient (Wildman–Crippen LogP) is 23.9. The molecule has 18 aromatic rings. The van der Waals surface area contributed by atoms with E-state index in [0.29, 0.717) is 17.7 Å². The van der Waals surface area contributed by atoms with Gasteiger partial charge in [0.25, 0.3) is 0 Å². The van der Waals surface area contributed by atoms with Crippen LogP contribution in [0.3, 0.4) is 0 Å². The second-order valence-electron chi connectivity index (χ2n) is 29.6. The maximum absolute atomic E-state index is 5.66. The van der Waals surface area contributed by atoms with Crippen molar-refractivity contribution in [2.45, 2.75) is 57.8 Å². The molecule has 0 N–H and O–H groups in total. The highest BCUT2D eigenvalue weighted by molar-refractivity contribution is 6.13. The molecule has 4 aromatic heterocycles. The van der Waals surface area contributed by atoms with Crippen LogP contribution in [0.1, 0.15) is 74.9 Å². The number of fused-ring (bicyclic) bond motifs is 19. The van der Waals surface area contributed by atoms with Crippen LogP contribution < -0.4 is 0 Å². The van der Waals surface area contributed by atoms with Crippen molar-refractivity contribution < 1.29 is 0 Å². The average Bonchev–Trinajstić information content (AvgIpc) is 1.57. The number of hydrogen-bond donors (Lipinski definition) is 0. The molecular weight excluding hydrogens is 1210 g/mol. The van der Waals surface area contributed by atoms with Gasteiger partial charge < -0.3 is 4.57 Å². The topological polar surface area (TPSA) is 53.5 Å². The minimum absolute atomic E-state index is 0.0809. The van der Waals surface area contributed by atoms with E-state index in [1.807, 2.05) is 0 Å². The molecule has 100 heavy (non-hydrogen) atoms. The monoisotopic (exact) mass is 1280 g/mol. The van der Waals surface area contributed by atoms with E-state index in [9.17, 15) is 0 Å². The average molecular weight is 1280 g/mol. The first kappa shape index (κ1) is 56.9. The van der Waals surface area contributed by atoms with E-state index in [4.69, 9.17) is 15.0 Å². The Morgan fingerprint density at radius 1 is 0.220 bits per heavy atom. The third kappa shape index (κ3) is 7.98. The highest BCUT2D eigenvalue weighted by atomic mass is 15.3. The van der Waals surface area contributed by atoms with Gasteiger partial charge in [-0.2, -0.15) is 15.0 Å². The first-order valence-electron chi connectivity index (χ1n) is 35.0. The van der Waals surface area contributed by atoms with Crippen molar-refractivity contribution in [3.8, 4) is 95.7 Å². The molecule has 6 nitrogen and oxygen atoms in total. The van der Waals surface area contributed by atoms with E-state index in [-0.39, 0.29) is 16.2 Å². The van der Waals surface area contributed by atoms with Crippen LogP contribution in [0.15, 0.2) is 291 Å². The van der Waals surface area contributed by atoms with Gasteiger partial charge in [-0.3, -0.25) is 9.13 Å². The van der Waals surface area contributed by atoms with Crippen molar-refractivity contribution in [2.75, 3.05) is 0 Å². The molecule has 21 rings (SSSR count). The lowest BCUT2D eigenvalue weighted by molar-refractivity contribution is 0.660. The van der Waals surface area contributed by atoms with Crippen molar-refractivity contribution >= 4 is 76.2 Å². The summed E-state index contributed by atoms with van der Waals surface area (Å²) in [5, 5.41) is 9.16. The van der Waals surface area contributed by atoms with Gasteiger partial charge in [-0.1, -0.05) is 242 Å². The second-order valence-corrected chi connectivity index (χ2v) is 29.6. The maximum atomic E-state index is 5.66. The molecule has 6 heteroatoms. The van der Waals surface area contributed by atoms with Crippen LogP contribution in [-0.2, 0) is 16.2 Å². The summed E-state index contributed by atoms with van der Waals surface area (Å²) in [6.07, 6.45) is 0. The van der Waals surface area contributed by atoms with Crippen molar-refractivity contribution in [1.29, 1.82) is 0 Å². The molecule has 0 atom stereocenters. The SMILES string of the molecule is CC1(C)c2ccccc2-c2ccc(-c3ccc4c(c3)c3ccccc3n4-c3ccc4cc(-c5nc(-n6c7ccccc7c7cc(-c8ccc9c(c8)C(C)(C)c8ccccc8-9)ccc76)nc(-n6c7ccccc7c7cc(-c8ccc9c(c8)C(C)(C)c8ccccc8-9)ccc76)n5)ccc4c3)cc21. The number of rotatable bonds is 7. The van der Waals surface area contributed by atoms with Gasteiger partial charge in [0.15, 0.2) is 5.82 Å². The van der Waals surface area contributed by atoms with Gasteiger partial charge in [-0.15, -0.1) is 0 Å². The van der Waals surface area contributed by atoms with E-state index in [0.717, 1.165) is 76.8 Å². The molecule has 0 spiro atoms. The molecule has 0 aliphatic heterocycles. The molecule has 3 aliphatic rings. The fourth-order valence-corrected chi connectivity index (χ4v) is 18.0. The van der Waals surface area contributed by atoms with E-state index < -0.39 is 0 Å². The van der Waals surface area contributed by atoms with E-state index in [1.165, 1.54) is 111 Å². The van der Waals surface area contributed by atoms with E-state index in [1.54, 1.807) is 0 Å². The van der Waals surface area contributed by atoms with Crippen LogP contribution in [0, 0.1) is 0 Å². The molecule has 3 aliphatic carbocycles. The van der Waals surface area contributed by atoms with E-state index >= 15 is 0 Å². The minimum atomic E-state index is -0.119. The molecule has 4 heterocycles. The Hall–Kier alpha value is -12.3. The fraction of sp³-hybridized carbons (Fsp3) is 0.0957. The number of aromatic nitrogens is 6. The smallest absolute Gasteiger partial charge is 0.240 e. The lowest BCUT2D eigenvalue weighted by Crippen LogP contribution is -2.14. The zero-order chi connectivity index (χ0) is 66.7. The quantitative estimate of drug-likeness (QED) is 0.160. The molecular formula is C94H66N6. The van der Waals surface area contributed by atoms with Gasteiger partial charge in [-0.25, -0.2) is 0 Å². The largest absolute Gasteiger partial charge is 0.309 e. The zero-order valence-corrected chi connectivity index (χ0v) is 56.4. The van der Waals surface area contributed by atoms with Gasteiger partial charge >= 0.3 is 0 Å². The van der Waals surface area contributed by atoms with Crippen LogP contribution in [0.25, 0.3) is 172 Å². The Morgan fingerprint density at radius 3 is 0.960 bits per heavy atom. The summed E-state index contributed by atoms with van der Waals surface area (Å²) >= 11 is 0. The van der Waals surface area contributed by atoms with Gasteiger partial charge in [0, 0.05) is 59.8 Å². The summed E-state index contributed by atoms with van der Waals surface area (Å²) in [5.74, 6) is 1.65. The normalized spacial score (nSPS) is 14.3. The molecule has 0 radical (unpaired) electrons. The van der Waals surface area contributed by atoms with Crippen molar-refractivity contribution in [3.63, 3.8) is 0 Å². The maximum Gasteiger partial charge on any atom is 0.240 e. The van der Waals surface area contributed by atoms with Gasteiger partial charge in [0.05, 0.1) is 33.1 Å². The summed E-state index contributed by atoms with van der Waals surface area (Å²) in [6.45, 7) is 14.1. The fourth-order valence-electron chi connectivity index (χ4n) is 18.0. The molecule has 0 bridgehead atoms. The number of hydrogen-bond acceptors (Lipinski definition) is 3. The van der Waals surface area contributed by atoms with Crippen LogP contribution in [-0.4, -0.2) is 28.7 Å². The number of para-hydroxylation sites is 3. The second kappa shape index (κ2) is 20.4. The van der Waals surface area contributed by atoms with Crippen LogP contribution in [0.2, 0.25) is 0 Å². The molecule has 472 valence electrons. The summed E-state index contributed by atoms with van der Waals surface area (Å²) in [5.41, 5.74) is 31.4. The van der Waals surface area contributed by atoms with Gasteiger partial charge in [0.2, 0.25) is 11.9 Å².